The third-order valence-electron chi connectivity index (χ3n) is 2.02. The summed E-state index contributed by atoms with van der Waals surface area (Å²) in [7, 11) is 0. The Bertz CT molecular complexity index is 148. The number of carbonyl (C=O) groups is 1. The first-order valence-electron chi connectivity index (χ1n) is 4.95. The zero-order chi connectivity index (χ0) is 10.3. The smallest absolute Gasteiger partial charge is 0.222 e. The lowest BCUT2D eigenvalue weighted by atomic mass is 10.1. The van der Waals surface area contributed by atoms with Crippen molar-refractivity contribution in [2.75, 3.05) is 18.4 Å². The van der Waals surface area contributed by atoms with E-state index in [1.165, 1.54) is 0 Å². The van der Waals surface area contributed by atoms with Gasteiger partial charge in [-0.15, -0.1) is 0 Å². The Balaban J connectivity index is 3.77. The number of hydrogen-bond donors (Lipinski definition) is 0. The van der Waals surface area contributed by atoms with Gasteiger partial charge in [-0.2, -0.15) is 0 Å². The van der Waals surface area contributed by atoms with E-state index >= 15 is 0 Å². The molecule has 13 heavy (non-hydrogen) atoms. The maximum absolute atomic E-state index is 11.6. The highest BCUT2D eigenvalue weighted by molar-refractivity contribution is 9.09. The number of rotatable bonds is 6. The van der Waals surface area contributed by atoms with Gasteiger partial charge >= 0.3 is 0 Å². The predicted molar refractivity (Wildman–Crippen MR) is 60.1 cm³/mol. The molecule has 0 heterocycles. The molecule has 0 saturated heterocycles. The van der Waals surface area contributed by atoms with Gasteiger partial charge in [0.1, 0.15) is 0 Å². The molecule has 0 atom stereocenters. The van der Waals surface area contributed by atoms with Crippen LogP contribution in [-0.4, -0.2) is 29.2 Å². The summed E-state index contributed by atoms with van der Waals surface area (Å²) < 4.78 is 0. The van der Waals surface area contributed by atoms with E-state index in [2.05, 4.69) is 29.8 Å². The second-order valence-electron chi connectivity index (χ2n) is 3.59. The summed E-state index contributed by atoms with van der Waals surface area (Å²) in [6.45, 7) is 7.97. The molecule has 0 aliphatic carbocycles. The van der Waals surface area contributed by atoms with Crippen LogP contribution in [0.3, 0.4) is 0 Å². The Morgan fingerprint density at radius 1 is 1.46 bits per heavy atom. The molecule has 1 amide bonds. The van der Waals surface area contributed by atoms with Crippen LogP contribution in [0.5, 0.6) is 0 Å². The van der Waals surface area contributed by atoms with Crippen LogP contribution in [0.25, 0.3) is 0 Å². The van der Waals surface area contributed by atoms with Gasteiger partial charge in [-0.25, -0.2) is 0 Å². The molecular weight excluding hydrogens is 230 g/mol. The van der Waals surface area contributed by atoms with Gasteiger partial charge in [-0.1, -0.05) is 29.8 Å². The Hall–Kier alpha value is -0.0500. The molecule has 0 rings (SSSR count). The zero-order valence-corrected chi connectivity index (χ0v) is 10.4. The minimum Gasteiger partial charge on any atom is -0.342 e. The number of alkyl halides is 1. The molecule has 78 valence electrons. The number of amides is 1. The van der Waals surface area contributed by atoms with Crippen LogP contribution in [0.1, 0.15) is 33.6 Å². The third kappa shape index (κ3) is 6.08. The van der Waals surface area contributed by atoms with Crippen LogP contribution in [0, 0.1) is 5.92 Å². The summed E-state index contributed by atoms with van der Waals surface area (Å²) in [5.41, 5.74) is 0. The summed E-state index contributed by atoms with van der Waals surface area (Å²) in [6.07, 6.45) is 1.69. The Morgan fingerprint density at radius 3 is 2.46 bits per heavy atom. The summed E-state index contributed by atoms with van der Waals surface area (Å²) in [4.78, 5) is 13.5. The van der Waals surface area contributed by atoms with Crippen molar-refractivity contribution in [1.29, 1.82) is 0 Å². The minimum absolute atomic E-state index is 0.288. The minimum atomic E-state index is 0.288. The van der Waals surface area contributed by atoms with Gasteiger partial charge in [0.25, 0.3) is 0 Å². The van der Waals surface area contributed by atoms with E-state index in [1.54, 1.807) is 0 Å². The van der Waals surface area contributed by atoms with Gasteiger partial charge in [-0.3, -0.25) is 4.79 Å². The van der Waals surface area contributed by atoms with E-state index in [0.29, 0.717) is 12.3 Å². The molecule has 0 aliphatic rings. The molecule has 0 aliphatic heterocycles. The van der Waals surface area contributed by atoms with Crippen LogP contribution in [0.2, 0.25) is 0 Å². The molecule has 2 nitrogen and oxygen atoms in total. The van der Waals surface area contributed by atoms with Gasteiger partial charge in [0.2, 0.25) is 5.91 Å². The highest BCUT2D eigenvalue weighted by atomic mass is 79.9. The normalized spacial score (nSPS) is 10.5. The second-order valence-corrected chi connectivity index (χ2v) is 4.39. The lowest BCUT2D eigenvalue weighted by molar-refractivity contribution is -0.131. The van der Waals surface area contributed by atoms with E-state index in [0.717, 1.165) is 24.8 Å². The summed E-state index contributed by atoms with van der Waals surface area (Å²) in [6, 6.07) is 0. The van der Waals surface area contributed by atoms with E-state index < -0.39 is 0 Å². The maximum atomic E-state index is 11.6. The Kier molecular flexibility index (Phi) is 7.33. The first-order valence-corrected chi connectivity index (χ1v) is 6.07. The van der Waals surface area contributed by atoms with Crippen molar-refractivity contribution in [3.8, 4) is 0 Å². The highest BCUT2D eigenvalue weighted by Crippen LogP contribution is 2.06. The van der Waals surface area contributed by atoms with Crippen molar-refractivity contribution in [2.45, 2.75) is 33.6 Å². The van der Waals surface area contributed by atoms with Gasteiger partial charge in [0, 0.05) is 24.8 Å². The largest absolute Gasteiger partial charge is 0.342 e. The zero-order valence-electron chi connectivity index (χ0n) is 8.85. The summed E-state index contributed by atoms with van der Waals surface area (Å²) >= 11 is 3.35. The van der Waals surface area contributed by atoms with Gasteiger partial charge in [0.05, 0.1) is 0 Å². The first kappa shape index (κ1) is 12.9. The standard InChI is InChI=1S/C10H20BrNO/c1-4-12(8-7-11)10(13)6-5-9(2)3/h9H,4-8H2,1-3H3. The number of nitrogens with zero attached hydrogens (tertiary/aromatic N) is 1. The average molecular weight is 250 g/mol. The van der Waals surface area contributed by atoms with Crippen molar-refractivity contribution < 1.29 is 4.79 Å². The molecule has 0 aromatic carbocycles. The molecule has 0 spiro atoms. The monoisotopic (exact) mass is 249 g/mol. The molecule has 3 heteroatoms. The van der Waals surface area contributed by atoms with Gasteiger partial charge in [-0.05, 0) is 19.3 Å². The van der Waals surface area contributed by atoms with E-state index in [1.807, 2.05) is 11.8 Å². The molecule has 0 radical (unpaired) electrons. The molecule has 0 unspecified atom stereocenters. The number of hydrogen-bond acceptors (Lipinski definition) is 1. The average Bonchev–Trinajstić information content (AvgIpc) is 2.10. The maximum Gasteiger partial charge on any atom is 0.222 e. The molecule has 0 N–H and O–H groups in total. The van der Waals surface area contributed by atoms with Crippen molar-refractivity contribution >= 4 is 21.8 Å². The van der Waals surface area contributed by atoms with Crippen molar-refractivity contribution in [3.05, 3.63) is 0 Å². The Morgan fingerprint density at radius 2 is 2.08 bits per heavy atom. The fourth-order valence-electron chi connectivity index (χ4n) is 1.13. The highest BCUT2D eigenvalue weighted by Gasteiger charge is 2.10. The topological polar surface area (TPSA) is 20.3 Å². The Labute approximate surface area is 89.8 Å². The first-order chi connectivity index (χ1) is 6.11. The number of halogens is 1. The molecular formula is C10H20BrNO. The van der Waals surface area contributed by atoms with Crippen molar-refractivity contribution in [1.82, 2.24) is 4.90 Å². The molecule has 0 aromatic heterocycles. The molecule has 0 saturated carbocycles. The predicted octanol–water partition coefficient (Wildman–Crippen LogP) is 2.67. The lowest BCUT2D eigenvalue weighted by Crippen LogP contribution is -2.32. The third-order valence-corrected chi connectivity index (χ3v) is 2.38. The second kappa shape index (κ2) is 7.36. The number of carbonyl (C=O) groups excluding carboxylic acids is 1. The van der Waals surface area contributed by atoms with Crippen molar-refractivity contribution in [2.24, 2.45) is 5.92 Å². The van der Waals surface area contributed by atoms with E-state index in [4.69, 9.17) is 0 Å². The molecule has 0 aromatic rings. The van der Waals surface area contributed by atoms with Gasteiger partial charge in [0.15, 0.2) is 0 Å². The fraction of sp³-hybridized carbons (Fsp3) is 0.900. The lowest BCUT2D eigenvalue weighted by Gasteiger charge is -2.19. The van der Waals surface area contributed by atoms with Gasteiger partial charge < -0.3 is 4.90 Å². The summed E-state index contributed by atoms with van der Waals surface area (Å²) in [5, 5.41) is 0.869. The fourth-order valence-corrected chi connectivity index (χ4v) is 1.56. The van der Waals surface area contributed by atoms with Crippen molar-refractivity contribution in [3.63, 3.8) is 0 Å². The SMILES string of the molecule is CCN(CCBr)C(=O)CCC(C)C. The summed E-state index contributed by atoms with van der Waals surface area (Å²) in [5.74, 6) is 0.905. The van der Waals surface area contributed by atoms with E-state index in [9.17, 15) is 4.79 Å². The van der Waals surface area contributed by atoms with Crippen LogP contribution in [0.15, 0.2) is 0 Å². The van der Waals surface area contributed by atoms with Crippen LogP contribution >= 0.6 is 15.9 Å². The quantitative estimate of drug-likeness (QED) is 0.664. The molecule has 0 bridgehead atoms. The van der Waals surface area contributed by atoms with E-state index in [-0.39, 0.29) is 5.91 Å². The van der Waals surface area contributed by atoms with Crippen LogP contribution in [-0.2, 0) is 4.79 Å². The van der Waals surface area contributed by atoms with Crippen LogP contribution < -0.4 is 0 Å². The van der Waals surface area contributed by atoms with Crippen LogP contribution in [0.4, 0.5) is 0 Å². The molecule has 0 fully saturated rings.